The van der Waals surface area contributed by atoms with Gasteiger partial charge in [0.1, 0.15) is 16.5 Å². The maximum atomic E-state index is 13.4. The van der Waals surface area contributed by atoms with Crippen molar-refractivity contribution in [2.75, 3.05) is 0 Å². The predicted molar refractivity (Wildman–Crippen MR) is 115 cm³/mol. The molecular formula is C23H22N4O2S. The van der Waals surface area contributed by atoms with Crippen LogP contribution in [0, 0.1) is 0 Å². The average Bonchev–Trinajstić information content (AvgIpc) is 3.56. The zero-order valence-electron chi connectivity index (χ0n) is 16.7. The fourth-order valence-electron chi connectivity index (χ4n) is 4.04. The van der Waals surface area contributed by atoms with Gasteiger partial charge < -0.3 is 9.32 Å². The van der Waals surface area contributed by atoms with E-state index >= 15 is 0 Å². The van der Waals surface area contributed by atoms with Gasteiger partial charge in [0.2, 0.25) is 0 Å². The van der Waals surface area contributed by atoms with Crippen LogP contribution in [0.25, 0.3) is 10.6 Å². The quantitative estimate of drug-likeness (QED) is 0.463. The predicted octanol–water partition coefficient (Wildman–Crippen LogP) is 4.47. The van der Waals surface area contributed by atoms with Crippen molar-refractivity contribution < 1.29 is 9.21 Å². The lowest BCUT2D eigenvalue weighted by molar-refractivity contribution is 0.0709. The summed E-state index contributed by atoms with van der Waals surface area (Å²) in [7, 11) is 1.99. The van der Waals surface area contributed by atoms with Crippen molar-refractivity contribution in [1.82, 2.24) is 19.7 Å². The molecule has 152 valence electrons. The molecule has 0 aliphatic heterocycles. The van der Waals surface area contributed by atoms with Gasteiger partial charge in [-0.15, -0.1) is 11.3 Å². The number of hydrogen-bond acceptors (Lipinski definition) is 5. The lowest BCUT2D eigenvalue weighted by Gasteiger charge is -2.20. The lowest BCUT2D eigenvalue weighted by Crippen LogP contribution is -2.30. The molecule has 0 saturated carbocycles. The largest absolute Gasteiger partial charge is 0.467 e. The Bertz CT molecular complexity index is 1160. The SMILES string of the molecule is Cn1nc(CN(Cc2ccco2)C(=O)c2csc(-c3ccccc3)n2)c2c1CCC2. The standard InChI is InChI=1S/C23H22N4O2S/c1-26-21-11-5-10-18(21)19(25-26)14-27(13-17-9-6-12-29-17)23(28)20-15-30-22(24-20)16-7-3-2-4-8-16/h2-4,6-9,12,15H,5,10-11,13-14H2,1H3. The molecule has 1 aliphatic carbocycles. The van der Waals surface area contributed by atoms with E-state index in [0.29, 0.717) is 18.8 Å². The van der Waals surface area contributed by atoms with E-state index in [0.717, 1.165) is 41.3 Å². The molecule has 1 aromatic carbocycles. The molecule has 0 fully saturated rings. The Kier molecular flexibility index (Phi) is 4.96. The minimum absolute atomic E-state index is 0.109. The van der Waals surface area contributed by atoms with Crippen LogP contribution >= 0.6 is 11.3 Å². The second-order valence-electron chi connectivity index (χ2n) is 7.49. The number of thiazole rings is 1. The Morgan fingerprint density at radius 2 is 2.03 bits per heavy atom. The van der Waals surface area contributed by atoms with Crippen LogP contribution in [-0.4, -0.2) is 25.6 Å². The Morgan fingerprint density at radius 3 is 2.83 bits per heavy atom. The van der Waals surface area contributed by atoms with Gasteiger partial charge in [-0.1, -0.05) is 30.3 Å². The molecular weight excluding hydrogens is 396 g/mol. The second-order valence-corrected chi connectivity index (χ2v) is 8.35. The van der Waals surface area contributed by atoms with Gasteiger partial charge in [0.05, 0.1) is 25.0 Å². The molecule has 5 rings (SSSR count). The van der Waals surface area contributed by atoms with E-state index in [2.05, 4.69) is 4.98 Å². The summed E-state index contributed by atoms with van der Waals surface area (Å²) in [5, 5.41) is 7.38. The summed E-state index contributed by atoms with van der Waals surface area (Å²) in [6.07, 6.45) is 4.85. The van der Waals surface area contributed by atoms with Crippen LogP contribution in [-0.2, 0) is 33.0 Å². The van der Waals surface area contributed by atoms with Gasteiger partial charge in [-0.05, 0) is 37.0 Å². The number of aryl methyl sites for hydroxylation is 1. The number of furan rings is 1. The average molecular weight is 419 g/mol. The first kappa shape index (κ1) is 18.8. The summed E-state index contributed by atoms with van der Waals surface area (Å²) in [4.78, 5) is 19.8. The van der Waals surface area contributed by atoms with Crippen LogP contribution in [0.4, 0.5) is 0 Å². The van der Waals surface area contributed by atoms with Crippen LogP contribution in [0.2, 0.25) is 0 Å². The van der Waals surface area contributed by atoms with Crippen molar-refractivity contribution >= 4 is 17.2 Å². The van der Waals surface area contributed by atoms with E-state index < -0.39 is 0 Å². The molecule has 1 aliphatic rings. The Hall–Kier alpha value is -3.19. The highest BCUT2D eigenvalue weighted by atomic mass is 32.1. The molecule has 0 spiro atoms. The molecule has 0 saturated heterocycles. The van der Waals surface area contributed by atoms with Crippen molar-refractivity contribution in [2.45, 2.75) is 32.4 Å². The first-order valence-corrected chi connectivity index (χ1v) is 10.9. The van der Waals surface area contributed by atoms with E-state index in [-0.39, 0.29) is 5.91 Å². The van der Waals surface area contributed by atoms with E-state index in [4.69, 9.17) is 9.52 Å². The summed E-state index contributed by atoms with van der Waals surface area (Å²) in [6.45, 7) is 0.830. The normalized spacial score (nSPS) is 12.8. The van der Waals surface area contributed by atoms with Gasteiger partial charge in [-0.2, -0.15) is 5.10 Å². The lowest BCUT2D eigenvalue weighted by atomic mass is 10.2. The van der Waals surface area contributed by atoms with E-state index in [1.807, 2.05) is 59.6 Å². The number of hydrogen-bond donors (Lipinski definition) is 0. The van der Waals surface area contributed by atoms with Crippen molar-refractivity contribution in [1.29, 1.82) is 0 Å². The fraction of sp³-hybridized carbons (Fsp3) is 0.261. The third-order valence-corrected chi connectivity index (χ3v) is 6.39. The smallest absolute Gasteiger partial charge is 0.274 e. The van der Waals surface area contributed by atoms with Crippen LogP contribution in [0.1, 0.15) is 39.6 Å². The van der Waals surface area contributed by atoms with Crippen molar-refractivity contribution in [2.24, 2.45) is 7.05 Å². The number of carbonyl (C=O) groups excluding carboxylic acids is 1. The summed E-state index contributed by atoms with van der Waals surface area (Å²) in [6, 6.07) is 13.7. The molecule has 0 radical (unpaired) electrons. The van der Waals surface area contributed by atoms with Gasteiger partial charge in [0, 0.05) is 23.7 Å². The molecule has 0 bridgehead atoms. The number of rotatable bonds is 6. The zero-order chi connectivity index (χ0) is 20.5. The molecule has 6 nitrogen and oxygen atoms in total. The Labute approximate surface area is 178 Å². The third-order valence-electron chi connectivity index (χ3n) is 5.50. The molecule has 4 aromatic rings. The number of nitrogens with zero attached hydrogens (tertiary/aromatic N) is 4. The maximum Gasteiger partial charge on any atom is 0.274 e. The molecule has 0 atom stereocenters. The highest BCUT2D eigenvalue weighted by Gasteiger charge is 2.26. The highest BCUT2D eigenvalue weighted by Crippen LogP contribution is 2.28. The van der Waals surface area contributed by atoms with E-state index in [1.54, 1.807) is 11.2 Å². The van der Waals surface area contributed by atoms with Crippen molar-refractivity contribution in [3.8, 4) is 10.6 Å². The minimum atomic E-state index is -0.109. The molecule has 30 heavy (non-hydrogen) atoms. The number of amides is 1. The number of benzene rings is 1. The fourth-order valence-corrected chi connectivity index (χ4v) is 4.84. The van der Waals surface area contributed by atoms with E-state index in [9.17, 15) is 4.79 Å². The van der Waals surface area contributed by atoms with Gasteiger partial charge >= 0.3 is 0 Å². The molecule has 3 aromatic heterocycles. The van der Waals surface area contributed by atoms with Gasteiger partial charge in [0.25, 0.3) is 5.91 Å². The topological polar surface area (TPSA) is 64.2 Å². The first-order valence-electron chi connectivity index (χ1n) is 10.1. The third kappa shape index (κ3) is 3.57. The summed E-state index contributed by atoms with van der Waals surface area (Å²) in [5.74, 6) is 0.636. The number of fused-ring (bicyclic) bond motifs is 1. The van der Waals surface area contributed by atoms with Crippen molar-refractivity contribution in [3.05, 3.63) is 82.5 Å². The molecule has 0 N–H and O–H groups in total. The van der Waals surface area contributed by atoms with Crippen LogP contribution in [0.15, 0.2) is 58.5 Å². The molecule has 3 heterocycles. The number of carbonyl (C=O) groups is 1. The molecule has 1 amide bonds. The number of aromatic nitrogens is 3. The monoisotopic (exact) mass is 418 g/mol. The van der Waals surface area contributed by atoms with Crippen LogP contribution in [0.5, 0.6) is 0 Å². The minimum Gasteiger partial charge on any atom is -0.467 e. The summed E-state index contributed by atoms with van der Waals surface area (Å²) >= 11 is 1.49. The first-order chi connectivity index (χ1) is 14.7. The Morgan fingerprint density at radius 1 is 1.17 bits per heavy atom. The van der Waals surface area contributed by atoms with E-state index in [1.165, 1.54) is 22.6 Å². The summed E-state index contributed by atoms with van der Waals surface area (Å²) in [5.41, 5.74) is 5.02. The molecule has 7 heteroatoms. The van der Waals surface area contributed by atoms with Crippen LogP contribution in [0.3, 0.4) is 0 Å². The van der Waals surface area contributed by atoms with Crippen molar-refractivity contribution in [3.63, 3.8) is 0 Å². The zero-order valence-corrected chi connectivity index (χ0v) is 17.6. The second kappa shape index (κ2) is 7.91. The molecule has 0 unspecified atom stereocenters. The van der Waals surface area contributed by atoms with Gasteiger partial charge in [0.15, 0.2) is 0 Å². The summed E-state index contributed by atoms with van der Waals surface area (Å²) < 4.78 is 7.48. The highest BCUT2D eigenvalue weighted by molar-refractivity contribution is 7.13. The Balaban J connectivity index is 1.44. The van der Waals surface area contributed by atoms with Gasteiger partial charge in [-0.25, -0.2) is 4.98 Å². The van der Waals surface area contributed by atoms with Crippen LogP contribution < -0.4 is 0 Å². The maximum absolute atomic E-state index is 13.4. The van der Waals surface area contributed by atoms with Gasteiger partial charge in [-0.3, -0.25) is 9.48 Å².